The standard InChI is InChI=1S/C15H13ClN2O5/c16-11-7-9(15-21-5-6-22-15)1-4-14(11)23-10-2-3-12(17)13(8-10)18(19)20/h1-4,7-8,15H,5-6,17H2. The van der Waals surface area contributed by atoms with E-state index in [1.165, 1.54) is 18.2 Å². The molecule has 0 atom stereocenters. The molecule has 2 aromatic carbocycles. The van der Waals surface area contributed by atoms with Crippen LogP contribution in [0.5, 0.6) is 11.5 Å². The second kappa shape index (κ2) is 6.41. The highest BCUT2D eigenvalue weighted by Gasteiger charge is 2.20. The van der Waals surface area contributed by atoms with Crippen LogP contribution in [0.3, 0.4) is 0 Å². The minimum absolute atomic E-state index is 0.0688. The molecule has 1 fully saturated rings. The van der Waals surface area contributed by atoms with Crippen molar-refractivity contribution < 1.29 is 19.1 Å². The van der Waals surface area contributed by atoms with E-state index in [-0.39, 0.29) is 17.1 Å². The number of anilines is 1. The van der Waals surface area contributed by atoms with Gasteiger partial charge in [-0.25, -0.2) is 0 Å². The van der Waals surface area contributed by atoms with Crippen molar-refractivity contribution in [3.63, 3.8) is 0 Å². The lowest BCUT2D eigenvalue weighted by Gasteiger charge is -2.12. The maximum atomic E-state index is 10.9. The van der Waals surface area contributed by atoms with Crippen LogP contribution in [0.4, 0.5) is 11.4 Å². The summed E-state index contributed by atoms with van der Waals surface area (Å²) in [7, 11) is 0. The average molecular weight is 337 g/mol. The van der Waals surface area contributed by atoms with Crippen LogP contribution in [0, 0.1) is 10.1 Å². The molecule has 23 heavy (non-hydrogen) atoms. The molecule has 0 bridgehead atoms. The molecule has 3 rings (SSSR count). The summed E-state index contributed by atoms with van der Waals surface area (Å²) in [5.41, 5.74) is 6.18. The molecule has 0 saturated carbocycles. The number of nitro benzene ring substituents is 1. The third kappa shape index (κ3) is 3.37. The summed E-state index contributed by atoms with van der Waals surface area (Å²) in [6.07, 6.45) is -0.431. The smallest absolute Gasteiger partial charge is 0.295 e. The number of nitro groups is 1. The fraction of sp³-hybridized carbons (Fsp3) is 0.200. The van der Waals surface area contributed by atoms with Gasteiger partial charge in [-0.1, -0.05) is 17.7 Å². The number of nitrogen functional groups attached to an aromatic ring is 1. The van der Waals surface area contributed by atoms with Crippen LogP contribution in [0.1, 0.15) is 11.9 Å². The van der Waals surface area contributed by atoms with Crippen molar-refractivity contribution in [1.82, 2.24) is 0 Å². The zero-order valence-corrected chi connectivity index (χ0v) is 12.7. The summed E-state index contributed by atoms with van der Waals surface area (Å²) in [5.74, 6) is 0.640. The van der Waals surface area contributed by atoms with Crippen LogP contribution < -0.4 is 10.5 Å². The summed E-state index contributed by atoms with van der Waals surface area (Å²) in [6, 6.07) is 9.31. The van der Waals surface area contributed by atoms with Crippen molar-refractivity contribution in [3.05, 3.63) is 57.1 Å². The maximum Gasteiger partial charge on any atom is 0.295 e. The van der Waals surface area contributed by atoms with Crippen molar-refractivity contribution >= 4 is 23.0 Å². The molecular weight excluding hydrogens is 324 g/mol. The predicted octanol–water partition coefficient (Wildman–Crippen LogP) is 3.67. The van der Waals surface area contributed by atoms with Gasteiger partial charge < -0.3 is 19.9 Å². The van der Waals surface area contributed by atoms with E-state index in [9.17, 15) is 10.1 Å². The first-order chi connectivity index (χ1) is 11.0. The van der Waals surface area contributed by atoms with Gasteiger partial charge in [0.1, 0.15) is 17.2 Å². The van der Waals surface area contributed by atoms with E-state index in [0.29, 0.717) is 24.0 Å². The Labute approximate surface area is 136 Å². The monoisotopic (exact) mass is 336 g/mol. The average Bonchev–Trinajstić information content (AvgIpc) is 3.05. The molecule has 1 saturated heterocycles. The van der Waals surface area contributed by atoms with Gasteiger partial charge in [0.25, 0.3) is 5.69 Å². The van der Waals surface area contributed by atoms with Crippen LogP contribution >= 0.6 is 11.6 Å². The molecule has 0 aromatic heterocycles. The lowest BCUT2D eigenvalue weighted by Crippen LogP contribution is -1.98. The fourth-order valence-corrected chi connectivity index (χ4v) is 2.40. The Bertz CT molecular complexity index is 747. The van der Waals surface area contributed by atoms with E-state index in [0.717, 1.165) is 5.56 Å². The molecule has 8 heteroatoms. The minimum Gasteiger partial charge on any atom is -0.456 e. The molecule has 0 spiro atoms. The van der Waals surface area contributed by atoms with E-state index in [1.54, 1.807) is 18.2 Å². The van der Waals surface area contributed by atoms with E-state index in [2.05, 4.69) is 0 Å². The van der Waals surface area contributed by atoms with Crippen LogP contribution in [-0.4, -0.2) is 18.1 Å². The summed E-state index contributed by atoms with van der Waals surface area (Å²) in [6.45, 7) is 1.07. The topological polar surface area (TPSA) is 96.9 Å². The number of nitrogens with two attached hydrogens (primary N) is 1. The van der Waals surface area contributed by atoms with Crippen molar-refractivity contribution in [2.45, 2.75) is 6.29 Å². The first kappa shape index (κ1) is 15.5. The van der Waals surface area contributed by atoms with Crippen LogP contribution in [0.15, 0.2) is 36.4 Å². The lowest BCUT2D eigenvalue weighted by molar-refractivity contribution is -0.384. The zero-order valence-electron chi connectivity index (χ0n) is 11.9. The third-order valence-electron chi connectivity index (χ3n) is 3.28. The largest absolute Gasteiger partial charge is 0.456 e. The van der Waals surface area contributed by atoms with Crippen LogP contribution in [0.2, 0.25) is 5.02 Å². The predicted molar refractivity (Wildman–Crippen MR) is 83.7 cm³/mol. The highest BCUT2D eigenvalue weighted by atomic mass is 35.5. The third-order valence-corrected chi connectivity index (χ3v) is 3.57. The Morgan fingerprint density at radius 1 is 1.22 bits per heavy atom. The van der Waals surface area contributed by atoms with E-state index in [4.69, 9.17) is 31.5 Å². The first-order valence-electron chi connectivity index (χ1n) is 6.79. The van der Waals surface area contributed by atoms with Gasteiger partial charge in [-0.05, 0) is 24.3 Å². The summed E-state index contributed by atoms with van der Waals surface area (Å²) in [4.78, 5) is 10.3. The van der Waals surface area contributed by atoms with Crippen LogP contribution in [0.25, 0.3) is 0 Å². The number of hydrogen-bond acceptors (Lipinski definition) is 6. The number of nitrogens with zero attached hydrogens (tertiary/aromatic N) is 1. The quantitative estimate of drug-likeness (QED) is 0.520. The molecule has 0 amide bonds. The second-order valence-electron chi connectivity index (χ2n) is 4.84. The lowest BCUT2D eigenvalue weighted by atomic mass is 10.2. The van der Waals surface area contributed by atoms with Crippen molar-refractivity contribution in [2.75, 3.05) is 18.9 Å². The SMILES string of the molecule is Nc1ccc(Oc2ccc(C3OCCO3)cc2Cl)cc1[N+](=O)[O-]. The Morgan fingerprint density at radius 3 is 2.61 bits per heavy atom. The Hall–Kier alpha value is -2.35. The van der Waals surface area contributed by atoms with E-state index >= 15 is 0 Å². The van der Waals surface area contributed by atoms with Gasteiger partial charge in [-0.2, -0.15) is 0 Å². The van der Waals surface area contributed by atoms with Crippen LogP contribution in [-0.2, 0) is 9.47 Å². The number of ether oxygens (including phenoxy) is 3. The highest BCUT2D eigenvalue weighted by Crippen LogP contribution is 2.35. The number of benzene rings is 2. The molecule has 1 aliphatic rings. The molecule has 120 valence electrons. The van der Waals surface area contributed by atoms with Gasteiger partial charge >= 0.3 is 0 Å². The Morgan fingerprint density at radius 2 is 1.96 bits per heavy atom. The van der Waals surface area contributed by atoms with Crippen molar-refractivity contribution in [3.8, 4) is 11.5 Å². The first-order valence-corrected chi connectivity index (χ1v) is 7.17. The summed E-state index contributed by atoms with van der Waals surface area (Å²) >= 11 is 6.20. The normalized spacial score (nSPS) is 14.8. The Balaban J connectivity index is 1.82. The molecule has 0 radical (unpaired) electrons. The second-order valence-corrected chi connectivity index (χ2v) is 5.25. The maximum absolute atomic E-state index is 10.9. The molecule has 0 aliphatic carbocycles. The number of rotatable bonds is 4. The molecular formula is C15H13ClN2O5. The van der Waals surface area contributed by atoms with Crippen molar-refractivity contribution in [2.24, 2.45) is 0 Å². The molecule has 2 N–H and O–H groups in total. The molecule has 2 aromatic rings. The number of hydrogen-bond donors (Lipinski definition) is 1. The highest BCUT2D eigenvalue weighted by molar-refractivity contribution is 6.32. The molecule has 0 unspecified atom stereocenters. The summed E-state index contributed by atoms with van der Waals surface area (Å²) in [5, 5.41) is 11.2. The molecule has 1 aliphatic heterocycles. The number of halogens is 1. The van der Waals surface area contributed by atoms with Crippen molar-refractivity contribution in [1.29, 1.82) is 0 Å². The van der Waals surface area contributed by atoms with Gasteiger partial charge in [-0.3, -0.25) is 10.1 Å². The van der Waals surface area contributed by atoms with Gasteiger partial charge in [0.05, 0.1) is 29.2 Å². The van der Waals surface area contributed by atoms with E-state index < -0.39 is 11.2 Å². The zero-order chi connectivity index (χ0) is 16.4. The van der Waals surface area contributed by atoms with Gasteiger partial charge in [0.15, 0.2) is 6.29 Å². The fourth-order valence-electron chi connectivity index (χ4n) is 2.17. The van der Waals surface area contributed by atoms with Gasteiger partial charge in [0, 0.05) is 5.56 Å². The Kier molecular flexibility index (Phi) is 4.33. The van der Waals surface area contributed by atoms with Gasteiger partial charge in [0.2, 0.25) is 0 Å². The van der Waals surface area contributed by atoms with Gasteiger partial charge in [-0.15, -0.1) is 0 Å². The van der Waals surface area contributed by atoms with E-state index in [1.807, 2.05) is 0 Å². The molecule has 7 nitrogen and oxygen atoms in total. The minimum atomic E-state index is -0.568. The molecule has 1 heterocycles. The summed E-state index contributed by atoms with van der Waals surface area (Å²) < 4.78 is 16.4.